The average molecular weight is 259 g/mol. The molecule has 0 radical (unpaired) electrons. The summed E-state index contributed by atoms with van der Waals surface area (Å²) in [4.78, 5) is 24.6. The Bertz CT molecular complexity index is 290. The largest absolute Gasteiger partial charge is 0.480 e. The Hall–Kier alpha value is -1.34. The smallest absolute Gasteiger partial charge is 0.326 e. The minimum Gasteiger partial charge on any atom is -0.480 e. The van der Waals surface area contributed by atoms with Crippen molar-refractivity contribution in [3.8, 4) is 0 Å². The lowest BCUT2D eigenvalue weighted by molar-refractivity contribution is -0.139. The van der Waals surface area contributed by atoms with Gasteiger partial charge in [-0.15, -0.1) is 0 Å². The van der Waals surface area contributed by atoms with E-state index in [1.54, 1.807) is 0 Å². The maximum Gasteiger partial charge on any atom is 0.326 e. The highest BCUT2D eigenvalue weighted by Crippen LogP contribution is 2.07. The fourth-order valence-corrected chi connectivity index (χ4v) is 1.92. The number of aliphatic carboxylic acids is 1. The van der Waals surface area contributed by atoms with Gasteiger partial charge in [0.05, 0.1) is 0 Å². The summed E-state index contributed by atoms with van der Waals surface area (Å²) in [6, 6.07) is -1.43. The molecule has 0 aromatic heterocycles. The number of amides is 2. The van der Waals surface area contributed by atoms with Crippen molar-refractivity contribution in [1.29, 1.82) is 0 Å². The zero-order valence-electron chi connectivity index (χ0n) is 10.6. The molecule has 0 spiro atoms. The number of carbonyl (C=O) groups excluding carboxylic acids is 1. The van der Waals surface area contributed by atoms with Crippen LogP contribution in [0, 0.1) is 0 Å². The van der Waals surface area contributed by atoms with Crippen molar-refractivity contribution < 1.29 is 19.8 Å². The van der Waals surface area contributed by atoms with Crippen LogP contribution in [0.5, 0.6) is 0 Å². The molecule has 4 N–H and O–H groups in total. The van der Waals surface area contributed by atoms with Crippen molar-refractivity contribution in [3.63, 3.8) is 0 Å². The molecule has 0 aromatic rings. The number of rotatable bonds is 5. The summed E-state index contributed by atoms with van der Waals surface area (Å²) in [5.41, 5.74) is 0. The SMILES string of the molecule is CN1CCC(NC(=O)NC(CCO)C(=O)O)CC1. The second-order valence-corrected chi connectivity index (χ2v) is 4.60. The predicted octanol–water partition coefficient (Wildman–Crippen LogP) is -0.785. The first kappa shape index (κ1) is 14.7. The van der Waals surface area contributed by atoms with Crippen molar-refractivity contribution in [2.24, 2.45) is 0 Å². The van der Waals surface area contributed by atoms with Crippen LogP contribution in [0.2, 0.25) is 0 Å². The number of nitrogens with zero attached hydrogens (tertiary/aromatic N) is 1. The maximum absolute atomic E-state index is 11.6. The Labute approximate surface area is 106 Å². The molecule has 104 valence electrons. The van der Waals surface area contributed by atoms with Gasteiger partial charge >= 0.3 is 12.0 Å². The summed E-state index contributed by atoms with van der Waals surface area (Å²) in [5.74, 6) is -1.14. The van der Waals surface area contributed by atoms with Crippen molar-refractivity contribution in [1.82, 2.24) is 15.5 Å². The van der Waals surface area contributed by atoms with E-state index in [2.05, 4.69) is 15.5 Å². The number of carboxylic acids is 1. The lowest BCUT2D eigenvalue weighted by Crippen LogP contribution is -2.51. The summed E-state index contributed by atoms with van der Waals surface area (Å²) < 4.78 is 0. The van der Waals surface area contributed by atoms with Crippen LogP contribution < -0.4 is 10.6 Å². The fourth-order valence-electron chi connectivity index (χ4n) is 1.92. The third-order valence-electron chi connectivity index (χ3n) is 3.07. The third-order valence-corrected chi connectivity index (χ3v) is 3.07. The molecule has 0 bridgehead atoms. The predicted molar refractivity (Wildman–Crippen MR) is 65.3 cm³/mol. The average Bonchev–Trinajstić information content (AvgIpc) is 2.31. The number of hydrogen-bond donors (Lipinski definition) is 4. The molecule has 7 heteroatoms. The molecule has 1 heterocycles. The van der Waals surface area contributed by atoms with E-state index >= 15 is 0 Å². The van der Waals surface area contributed by atoms with Gasteiger partial charge in [-0.25, -0.2) is 9.59 Å². The Balaban J connectivity index is 2.33. The van der Waals surface area contributed by atoms with Gasteiger partial charge in [0.15, 0.2) is 0 Å². The Kier molecular flexibility index (Phi) is 5.87. The Morgan fingerprint density at radius 3 is 2.50 bits per heavy atom. The van der Waals surface area contributed by atoms with Crippen molar-refractivity contribution in [2.75, 3.05) is 26.7 Å². The zero-order chi connectivity index (χ0) is 13.5. The lowest BCUT2D eigenvalue weighted by atomic mass is 10.1. The third kappa shape index (κ3) is 4.89. The number of likely N-dealkylation sites (tertiary alicyclic amines) is 1. The highest BCUT2D eigenvalue weighted by molar-refractivity contribution is 5.82. The van der Waals surface area contributed by atoms with Crippen LogP contribution in [-0.2, 0) is 4.79 Å². The first-order valence-electron chi connectivity index (χ1n) is 6.12. The second-order valence-electron chi connectivity index (χ2n) is 4.60. The van der Waals surface area contributed by atoms with E-state index in [0.717, 1.165) is 25.9 Å². The molecule has 2 amide bonds. The molecular weight excluding hydrogens is 238 g/mol. The molecule has 0 aliphatic carbocycles. The van der Waals surface area contributed by atoms with Crippen LogP contribution in [-0.4, -0.2) is 65.9 Å². The van der Waals surface area contributed by atoms with Crippen LogP contribution in [0.3, 0.4) is 0 Å². The van der Waals surface area contributed by atoms with Gasteiger partial charge in [-0.1, -0.05) is 0 Å². The van der Waals surface area contributed by atoms with E-state index in [-0.39, 0.29) is 19.1 Å². The molecule has 1 rings (SSSR count). The van der Waals surface area contributed by atoms with Crippen LogP contribution in [0.25, 0.3) is 0 Å². The van der Waals surface area contributed by atoms with Crippen molar-refractivity contribution >= 4 is 12.0 Å². The number of hydrogen-bond acceptors (Lipinski definition) is 4. The summed E-state index contributed by atoms with van der Waals surface area (Å²) in [6.07, 6.45) is 1.74. The van der Waals surface area contributed by atoms with Crippen LogP contribution >= 0.6 is 0 Å². The van der Waals surface area contributed by atoms with Gasteiger partial charge in [-0.3, -0.25) is 0 Å². The topological polar surface area (TPSA) is 102 Å². The molecule has 1 unspecified atom stereocenters. The number of nitrogens with one attached hydrogen (secondary N) is 2. The molecule has 1 fully saturated rings. The molecule has 18 heavy (non-hydrogen) atoms. The molecule has 1 atom stereocenters. The number of carboxylic acid groups (broad SMARTS) is 1. The number of urea groups is 1. The van der Waals surface area contributed by atoms with E-state index in [0.29, 0.717) is 0 Å². The van der Waals surface area contributed by atoms with Gasteiger partial charge in [-0.2, -0.15) is 0 Å². The molecule has 7 nitrogen and oxygen atoms in total. The minimum atomic E-state index is -1.14. The van der Waals surface area contributed by atoms with E-state index in [4.69, 9.17) is 10.2 Å². The number of carbonyl (C=O) groups is 2. The van der Waals surface area contributed by atoms with Crippen LogP contribution in [0.4, 0.5) is 4.79 Å². The number of piperidine rings is 1. The normalized spacial score (nSPS) is 19.2. The first-order valence-corrected chi connectivity index (χ1v) is 6.12. The highest BCUT2D eigenvalue weighted by Gasteiger charge is 2.22. The minimum absolute atomic E-state index is 0.0101. The Morgan fingerprint density at radius 1 is 1.39 bits per heavy atom. The van der Waals surface area contributed by atoms with Gasteiger partial charge in [-0.05, 0) is 33.0 Å². The lowest BCUT2D eigenvalue weighted by Gasteiger charge is -2.29. The highest BCUT2D eigenvalue weighted by atomic mass is 16.4. The van der Waals surface area contributed by atoms with E-state index in [1.807, 2.05) is 7.05 Å². The van der Waals surface area contributed by atoms with Gasteiger partial charge in [0, 0.05) is 19.1 Å². The summed E-state index contributed by atoms with van der Waals surface area (Å²) >= 11 is 0. The van der Waals surface area contributed by atoms with Gasteiger partial charge in [0.2, 0.25) is 0 Å². The van der Waals surface area contributed by atoms with Crippen LogP contribution in [0.15, 0.2) is 0 Å². The molecule has 1 saturated heterocycles. The van der Waals surface area contributed by atoms with Crippen molar-refractivity contribution in [3.05, 3.63) is 0 Å². The molecule has 0 aromatic carbocycles. The number of aliphatic hydroxyl groups is 1. The second kappa shape index (κ2) is 7.17. The van der Waals surface area contributed by atoms with Crippen molar-refractivity contribution in [2.45, 2.75) is 31.3 Å². The van der Waals surface area contributed by atoms with E-state index in [1.165, 1.54) is 0 Å². The zero-order valence-corrected chi connectivity index (χ0v) is 10.6. The summed E-state index contributed by atoms with van der Waals surface area (Å²) in [6.45, 7) is 1.57. The summed E-state index contributed by atoms with van der Waals surface area (Å²) in [5, 5.41) is 22.7. The molecule has 1 aliphatic rings. The van der Waals surface area contributed by atoms with E-state index < -0.39 is 18.0 Å². The molecule has 0 saturated carbocycles. The Morgan fingerprint density at radius 2 is 2.00 bits per heavy atom. The standard InChI is InChI=1S/C11H21N3O4/c1-14-5-2-8(3-6-14)12-11(18)13-9(4-7-15)10(16)17/h8-9,15H,2-7H2,1H3,(H,16,17)(H2,12,13,18). The summed E-state index contributed by atoms with van der Waals surface area (Å²) in [7, 11) is 2.03. The van der Waals surface area contributed by atoms with Gasteiger partial charge in [0.1, 0.15) is 6.04 Å². The number of aliphatic hydroxyl groups excluding tert-OH is 1. The maximum atomic E-state index is 11.6. The fraction of sp³-hybridized carbons (Fsp3) is 0.818. The molecule has 1 aliphatic heterocycles. The van der Waals surface area contributed by atoms with Crippen LogP contribution in [0.1, 0.15) is 19.3 Å². The first-order chi connectivity index (χ1) is 8.52. The quantitative estimate of drug-likeness (QED) is 0.518. The van der Waals surface area contributed by atoms with Gasteiger partial charge < -0.3 is 25.7 Å². The monoisotopic (exact) mass is 259 g/mol. The molecular formula is C11H21N3O4. The van der Waals surface area contributed by atoms with E-state index in [9.17, 15) is 9.59 Å². The van der Waals surface area contributed by atoms with Gasteiger partial charge in [0.25, 0.3) is 0 Å².